The van der Waals surface area contributed by atoms with Gasteiger partial charge in [0.2, 0.25) is 5.91 Å². The predicted octanol–water partition coefficient (Wildman–Crippen LogP) is 14.7. The zero-order valence-corrected chi connectivity index (χ0v) is 38.3. The maximum atomic E-state index is 12.4. The smallest absolute Gasteiger partial charge is 0.305 e. The standard InChI is InChI=1S/C52H95NO5/c1-3-5-7-9-11-13-15-17-18-21-24-28-32-36-40-44-50(55)49(48-54)53-51(56)45-41-37-33-29-25-22-19-23-27-31-35-39-43-47-58-52(57)46-42-38-34-30-26-20-16-14-12-10-8-6-4-2/h14,16,22,25,33,37,40,44,49-50,54-55H,3-13,15,17-21,23-24,26-32,34-36,38-39,41-43,45-48H2,1-2H3,(H,53,56)/b16-14-,25-22-,37-33-,44-40+. The summed E-state index contributed by atoms with van der Waals surface area (Å²) in [4.78, 5) is 24.4. The summed E-state index contributed by atoms with van der Waals surface area (Å²) < 4.78 is 5.43. The van der Waals surface area contributed by atoms with Gasteiger partial charge in [-0.3, -0.25) is 9.59 Å². The number of amides is 1. The number of esters is 1. The molecule has 58 heavy (non-hydrogen) atoms. The molecule has 0 spiro atoms. The summed E-state index contributed by atoms with van der Waals surface area (Å²) in [6.07, 6.45) is 58.3. The van der Waals surface area contributed by atoms with E-state index in [0.29, 0.717) is 25.9 Å². The molecular formula is C52H95NO5. The molecule has 0 aromatic carbocycles. The van der Waals surface area contributed by atoms with E-state index in [2.05, 4.69) is 49.5 Å². The maximum absolute atomic E-state index is 12.4. The van der Waals surface area contributed by atoms with Crippen LogP contribution < -0.4 is 5.32 Å². The molecule has 0 rings (SSSR count). The number of unbranched alkanes of at least 4 members (excludes halogenated alkanes) is 28. The Bertz CT molecular complexity index is 988. The summed E-state index contributed by atoms with van der Waals surface area (Å²) in [5, 5.41) is 23.0. The van der Waals surface area contributed by atoms with Gasteiger partial charge >= 0.3 is 5.97 Å². The Balaban J connectivity index is 3.61. The number of allylic oxidation sites excluding steroid dienone is 7. The fourth-order valence-electron chi connectivity index (χ4n) is 7.20. The number of carbonyl (C=O) groups is 2. The van der Waals surface area contributed by atoms with E-state index in [9.17, 15) is 19.8 Å². The Hall–Kier alpha value is -2.18. The first-order chi connectivity index (χ1) is 28.5. The van der Waals surface area contributed by atoms with Crippen LogP contribution in [0.5, 0.6) is 0 Å². The number of rotatable bonds is 45. The van der Waals surface area contributed by atoms with Gasteiger partial charge in [-0.1, -0.05) is 204 Å². The number of aliphatic hydroxyl groups is 2. The molecule has 0 aromatic heterocycles. The highest BCUT2D eigenvalue weighted by Gasteiger charge is 2.17. The minimum atomic E-state index is -0.879. The Kier molecular flexibility index (Phi) is 45.7. The maximum Gasteiger partial charge on any atom is 0.305 e. The lowest BCUT2D eigenvalue weighted by Crippen LogP contribution is -2.45. The first-order valence-corrected chi connectivity index (χ1v) is 24.9. The highest BCUT2D eigenvalue weighted by Crippen LogP contribution is 2.14. The van der Waals surface area contributed by atoms with Crippen molar-refractivity contribution in [1.29, 1.82) is 0 Å². The number of nitrogens with one attached hydrogen (secondary N) is 1. The van der Waals surface area contributed by atoms with Crippen LogP contribution in [-0.2, 0) is 14.3 Å². The van der Waals surface area contributed by atoms with Gasteiger partial charge in [0.1, 0.15) is 0 Å². The third kappa shape index (κ3) is 43.4. The fourth-order valence-corrected chi connectivity index (χ4v) is 7.20. The normalized spacial score (nSPS) is 13.1. The second-order valence-electron chi connectivity index (χ2n) is 16.8. The van der Waals surface area contributed by atoms with Crippen LogP contribution in [0, 0.1) is 0 Å². The van der Waals surface area contributed by atoms with Crippen LogP contribution in [0.15, 0.2) is 48.6 Å². The molecule has 6 nitrogen and oxygen atoms in total. The van der Waals surface area contributed by atoms with E-state index in [-0.39, 0.29) is 18.5 Å². The van der Waals surface area contributed by atoms with E-state index in [1.54, 1.807) is 6.08 Å². The number of ether oxygens (including phenoxy) is 1. The van der Waals surface area contributed by atoms with Crippen molar-refractivity contribution in [3.8, 4) is 0 Å². The molecule has 2 unspecified atom stereocenters. The minimum absolute atomic E-state index is 0.0287. The molecule has 0 saturated heterocycles. The molecule has 0 aliphatic rings. The van der Waals surface area contributed by atoms with Gasteiger partial charge in [-0.2, -0.15) is 0 Å². The summed E-state index contributed by atoms with van der Waals surface area (Å²) in [6.45, 7) is 4.80. The SMILES string of the molecule is CCCCCC/C=C\CCCCCCCC(=O)OCCCCCCCC/C=C\C/C=C\CCC(=O)NC(CO)C(O)/C=C/CCCCCCCCCCCCCCC. The average molecular weight is 814 g/mol. The third-order valence-corrected chi connectivity index (χ3v) is 11.1. The van der Waals surface area contributed by atoms with Crippen molar-refractivity contribution in [1.82, 2.24) is 5.32 Å². The molecule has 0 saturated carbocycles. The Morgan fingerprint density at radius 2 is 0.879 bits per heavy atom. The lowest BCUT2D eigenvalue weighted by molar-refractivity contribution is -0.143. The summed E-state index contributed by atoms with van der Waals surface area (Å²) in [5.41, 5.74) is 0. The highest BCUT2D eigenvalue weighted by molar-refractivity contribution is 5.76. The van der Waals surface area contributed by atoms with E-state index < -0.39 is 12.1 Å². The second kappa shape index (κ2) is 47.5. The van der Waals surface area contributed by atoms with Crippen molar-refractivity contribution in [3.63, 3.8) is 0 Å². The zero-order valence-electron chi connectivity index (χ0n) is 38.3. The molecule has 0 aliphatic carbocycles. The van der Waals surface area contributed by atoms with Gasteiger partial charge in [0.05, 0.1) is 25.4 Å². The largest absolute Gasteiger partial charge is 0.466 e. The molecule has 6 heteroatoms. The Morgan fingerprint density at radius 1 is 0.483 bits per heavy atom. The van der Waals surface area contributed by atoms with E-state index in [0.717, 1.165) is 51.4 Å². The molecule has 0 fully saturated rings. The number of carbonyl (C=O) groups excluding carboxylic acids is 2. The summed E-state index contributed by atoms with van der Waals surface area (Å²) >= 11 is 0. The van der Waals surface area contributed by atoms with Crippen molar-refractivity contribution >= 4 is 11.9 Å². The van der Waals surface area contributed by atoms with Crippen molar-refractivity contribution in [2.45, 2.75) is 257 Å². The predicted molar refractivity (Wildman–Crippen MR) is 250 cm³/mol. The van der Waals surface area contributed by atoms with Crippen LogP contribution in [0.3, 0.4) is 0 Å². The Labute approximate surface area is 359 Å². The molecule has 2 atom stereocenters. The molecule has 0 bridgehead atoms. The lowest BCUT2D eigenvalue weighted by Gasteiger charge is -2.19. The van der Waals surface area contributed by atoms with Gasteiger partial charge < -0.3 is 20.3 Å². The van der Waals surface area contributed by atoms with E-state index in [4.69, 9.17) is 4.74 Å². The lowest BCUT2D eigenvalue weighted by atomic mass is 10.0. The van der Waals surface area contributed by atoms with Gasteiger partial charge in [0, 0.05) is 12.8 Å². The van der Waals surface area contributed by atoms with Crippen LogP contribution in [0.1, 0.15) is 245 Å². The third-order valence-electron chi connectivity index (χ3n) is 11.1. The van der Waals surface area contributed by atoms with Crippen LogP contribution in [0.2, 0.25) is 0 Å². The number of hydrogen-bond donors (Lipinski definition) is 3. The van der Waals surface area contributed by atoms with Crippen molar-refractivity contribution in [2.75, 3.05) is 13.2 Å². The first-order valence-electron chi connectivity index (χ1n) is 24.9. The van der Waals surface area contributed by atoms with Crippen LogP contribution in [-0.4, -0.2) is 47.4 Å². The van der Waals surface area contributed by atoms with Crippen molar-refractivity contribution < 1.29 is 24.5 Å². The summed E-state index contributed by atoms with van der Waals surface area (Å²) in [5.74, 6) is -0.179. The minimum Gasteiger partial charge on any atom is -0.466 e. The van der Waals surface area contributed by atoms with Gasteiger partial charge in [-0.25, -0.2) is 0 Å². The first kappa shape index (κ1) is 55.8. The van der Waals surface area contributed by atoms with E-state index in [1.807, 2.05) is 12.2 Å². The monoisotopic (exact) mass is 814 g/mol. The number of aliphatic hydroxyl groups excluding tert-OH is 2. The molecule has 0 aliphatic heterocycles. The van der Waals surface area contributed by atoms with Crippen LogP contribution in [0.25, 0.3) is 0 Å². The van der Waals surface area contributed by atoms with Crippen LogP contribution >= 0.6 is 0 Å². The number of hydrogen-bond acceptors (Lipinski definition) is 5. The average Bonchev–Trinajstić information content (AvgIpc) is 3.22. The van der Waals surface area contributed by atoms with Crippen molar-refractivity contribution in [2.24, 2.45) is 0 Å². The van der Waals surface area contributed by atoms with Crippen LogP contribution in [0.4, 0.5) is 0 Å². The molecule has 0 aromatic rings. The fraction of sp³-hybridized carbons (Fsp3) is 0.808. The van der Waals surface area contributed by atoms with Gasteiger partial charge in [-0.15, -0.1) is 0 Å². The van der Waals surface area contributed by atoms with E-state index in [1.165, 1.54) is 161 Å². The highest BCUT2D eigenvalue weighted by atomic mass is 16.5. The molecule has 0 heterocycles. The molecule has 1 amide bonds. The summed E-state index contributed by atoms with van der Waals surface area (Å²) in [7, 11) is 0. The van der Waals surface area contributed by atoms with Crippen molar-refractivity contribution in [3.05, 3.63) is 48.6 Å². The topological polar surface area (TPSA) is 95.9 Å². The molecule has 338 valence electrons. The van der Waals surface area contributed by atoms with E-state index >= 15 is 0 Å². The second-order valence-corrected chi connectivity index (χ2v) is 16.8. The van der Waals surface area contributed by atoms with Gasteiger partial charge in [-0.05, 0) is 77.0 Å². The molecular weight excluding hydrogens is 719 g/mol. The molecule has 0 radical (unpaired) electrons. The zero-order chi connectivity index (χ0) is 42.3. The molecule has 3 N–H and O–H groups in total. The Morgan fingerprint density at radius 3 is 1.38 bits per heavy atom. The summed E-state index contributed by atoms with van der Waals surface area (Å²) in [6, 6.07) is -0.672. The van der Waals surface area contributed by atoms with Gasteiger partial charge in [0.25, 0.3) is 0 Å². The van der Waals surface area contributed by atoms with Gasteiger partial charge in [0.15, 0.2) is 0 Å². The quantitative estimate of drug-likeness (QED) is 0.0323.